The van der Waals surface area contributed by atoms with E-state index in [-0.39, 0.29) is 36.6 Å². The number of nitrogens with zero attached hydrogens (tertiary/aromatic N) is 1. The topological polar surface area (TPSA) is 49.4 Å². The SMILES string of the molecule is CC[C@@H](C(=O)NC1CCCCC1)N(Cc1ccc(F)cc1)C(=O)Cc1ccc(C)cc1. The molecule has 166 valence electrons. The molecule has 0 unspecified atom stereocenters. The monoisotopic (exact) mass is 424 g/mol. The molecular formula is C26H33FN2O2. The van der Waals surface area contributed by atoms with E-state index in [4.69, 9.17) is 0 Å². The third-order valence-corrected chi connectivity index (χ3v) is 6.08. The molecule has 1 N–H and O–H groups in total. The summed E-state index contributed by atoms with van der Waals surface area (Å²) in [7, 11) is 0. The van der Waals surface area contributed by atoms with E-state index >= 15 is 0 Å². The van der Waals surface area contributed by atoms with Gasteiger partial charge in [-0.1, -0.05) is 68.1 Å². The van der Waals surface area contributed by atoms with E-state index in [1.165, 1.54) is 18.6 Å². The van der Waals surface area contributed by atoms with Gasteiger partial charge in [-0.25, -0.2) is 4.39 Å². The predicted octanol–water partition coefficient (Wildman–Crippen LogP) is 4.93. The second-order valence-corrected chi connectivity index (χ2v) is 8.58. The number of carbonyl (C=O) groups excluding carboxylic acids is 2. The van der Waals surface area contributed by atoms with Crippen molar-refractivity contribution in [2.45, 2.75) is 77.4 Å². The normalized spacial score (nSPS) is 15.3. The Hall–Kier alpha value is -2.69. The van der Waals surface area contributed by atoms with Gasteiger partial charge >= 0.3 is 0 Å². The number of amides is 2. The van der Waals surface area contributed by atoms with E-state index in [0.717, 1.165) is 42.4 Å². The van der Waals surface area contributed by atoms with Crippen molar-refractivity contribution in [2.24, 2.45) is 0 Å². The smallest absolute Gasteiger partial charge is 0.243 e. The lowest BCUT2D eigenvalue weighted by Gasteiger charge is -2.33. The average molecular weight is 425 g/mol. The van der Waals surface area contributed by atoms with E-state index in [1.54, 1.807) is 17.0 Å². The van der Waals surface area contributed by atoms with Crippen LogP contribution < -0.4 is 5.32 Å². The highest BCUT2D eigenvalue weighted by Gasteiger charge is 2.30. The van der Waals surface area contributed by atoms with Crippen LogP contribution in [0.15, 0.2) is 48.5 Å². The van der Waals surface area contributed by atoms with Crippen molar-refractivity contribution >= 4 is 11.8 Å². The highest BCUT2D eigenvalue weighted by Crippen LogP contribution is 2.20. The average Bonchev–Trinajstić information content (AvgIpc) is 2.77. The first-order valence-electron chi connectivity index (χ1n) is 11.4. The Morgan fingerprint density at radius 2 is 1.61 bits per heavy atom. The van der Waals surface area contributed by atoms with Gasteiger partial charge in [0.1, 0.15) is 11.9 Å². The van der Waals surface area contributed by atoms with Gasteiger partial charge in [0.15, 0.2) is 0 Å². The van der Waals surface area contributed by atoms with Gasteiger partial charge in [-0.3, -0.25) is 9.59 Å². The lowest BCUT2D eigenvalue weighted by molar-refractivity contribution is -0.141. The fraction of sp³-hybridized carbons (Fsp3) is 0.462. The van der Waals surface area contributed by atoms with E-state index < -0.39 is 6.04 Å². The third kappa shape index (κ3) is 6.65. The second-order valence-electron chi connectivity index (χ2n) is 8.58. The molecule has 0 aliphatic heterocycles. The van der Waals surface area contributed by atoms with Crippen molar-refractivity contribution in [2.75, 3.05) is 0 Å². The van der Waals surface area contributed by atoms with E-state index in [9.17, 15) is 14.0 Å². The maximum absolute atomic E-state index is 13.4. The summed E-state index contributed by atoms with van der Waals surface area (Å²) in [4.78, 5) is 28.2. The zero-order chi connectivity index (χ0) is 22.2. The van der Waals surface area contributed by atoms with E-state index in [2.05, 4.69) is 5.32 Å². The van der Waals surface area contributed by atoms with Crippen LogP contribution >= 0.6 is 0 Å². The molecule has 1 saturated carbocycles. The van der Waals surface area contributed by atoms with Crippen LogP contribution in [0.5, 0.6) is 0 Å². The summed E-state index contributed by atoms with van der Waals surface area (Å²) < 4.78 is 13.4. The molecule has 0 saturated heterocycles. The zero-order valence-corrected chi connectivity index (χ0v) is 18.6. The van der Waals surface area contributed by atoms with Crippen molar-refractivity contribution in [1.82, 2.24) is 10.2 Å². The molecule has 2 aromatic rings. The molecule has 5 heteroatoms. The van der Waals surface area contributed by atoms with Crippen LogP contribution in [0.4, 0.5) is 4.39 Å². The first-order chi connectivity index (χ1) is 15.0. The van der Waals surface area contributed by atoms with Gasteiger partial charge < -0.3 is 10.2 Å². The fourth-order valence-corrected chi connectivity index (χ4v) is 4.23. The molecule has 2 amide bonds. The molecule has 0 radical (unpaired) electrons. The van der Waals surface area contributed by atoms with Gasteiger partial charge in [0.25, 0.3) is 0 Å². The Morgan fingerprint density at radius 3 is 2.23 bits per heavy atom. The number of nitrogens with one attached hydrogen (secondary N) is 1. The third-order valence-electron chi connectivity index (χ3n) is 6.08. The summed E-state index contributed by atoms with van der Waals surface area (Å²) in [5, 5.41) is 3.18. The van der Waals surface area contributed by atoms with Crippen LogP contribution in [-0.4, -0.2) is 28.8 Å². The minimum Gasteiger partial charge on any atom is -0.352 e. The van der Waals surface area contributed by atoms with Crippen molar-refractivity contribution in [3.8, 4) is 0 Å². The molecule has 1 atom stereocenters. The number of benzene rings is 2. The predicted molar refractivity (Wildman–Crippen MR) is 121 cm³/mol. The molecule has 1 fully saturated rings. The van der Waals surface area contributed by atoms with Crippen LogP contribution in [0, 0.1) is 12.7 Å². The van der Waals surface area contributed by atoms with Gasteiger partial charge in [0, 0.05) is 12.6 Å². The van der Waals surface area contributed by atoms with Crippen LogP contribution in [0.25, 0.3) is 0 Å². The molecular weight excluding hydrogens is 391 g/mol. The highest BCUT2D eigenvalue weighted by atomic mass is 19.1. The van der Waals surface area contributed by atoms with E-state index in [0.29, 0.717) is 6.42 Å². The quantitative estimate of drug-likeness (QED) is 0.653. The van der Waals surface area contributed by atoms with Crippen molar-refractivity contribution in [3.05, 3.63) is 71.0 Å². The van der Waals surface area contributed by atoms with Crippen LogP contribution in [-0.2, 0) is 22.6 Å². The molecule has 0 heterocycles. The summed E-state index contributed by atoms with van der Waals surface area (Å²) >= 11 is 0. The van der Waals surface area contributed by atoms with Crippen LogP contribution in [0.3, 0.4) is 0 Å². The number of halogens is 1. The first kappa shape index (κ1) is 23.0. The summed E-state index contributed by atoms with van der Waals surface area (Å²) in [6.45, 7) is 4.22. The number of rotatable bonds is 8. The number of hydrogen-bond acceptors (Lipinski definition) is 2. The zero-order valence-electron chi connectivity index (χ0n) is 18.6. The lowest BCUT2D eigenvalue weighted by Crippen LogP contribution is -2.51. The molecule has 4 nitrogen and oxygen atoms in total. The van der Waals surface area contributed by atoms with Crippen molar-refractivity contribution < 1.29 is 14.0 Å². The van der Waals surface area contributed by atoms with Gasteiger partial charge in [-0.15, -0.1) is 0 Å². The van der Waals surface area contributed by atoms with Crippen LogP contribution in [0.1, 0.15) is 62.1 Å². The van der Waals surface area contributed by atoms with Crippen molar-refractivity contribution in [1.29, 1.82) is 0 Å². The Bertz CT molecular complexity index is 858. The maximum Gasteiger partial charge on any atom is 0.243 e. The van der Waals surface area contributed by atoms with E-state index in [1.807, 2.05) is 38.1 Å². The summed E-state index contributed by atoms with van der Waals surface area (Å²) in [5.74, 6) is -0.504. The Kier molecular flexibility index (Phi) is 8.21. The summed E-state index contributed by atoms with van der Waals surface area (Å²) in [5.41, 5.74) is 2.86. The van der Waals surface area contributed by atoms with Gasteiger partial charge in [0.05, 0.1) is 6.42 Å². The Balaban J connectivity index is 1.79. The molecule has 1 aliphatic rings. The Morgan fingerprint density at radius 1 is 1.00 bits per heavy atom. The van der Waals surface area contributed by atoms with Crippen molar-refractivity contribution in [3.63, 3.8) is 0 Å². The number of aryl methyl sites for hydroxylation is 1. The second kappa shape index (κ2) is 11.1. The molecule has 0 aromatic heterocycles. The van der Waals surface area contributed by atoms with Gasteiger partial charge in [-0.05, 0) is 49.4 Å². The molecule has 0 spiro atoms. The number of hydrogen-bond donors (Lipinski definition) is 1. The Labute approximate surface area is 184 Å². The highest BCUT2D eigenvalue weighted by molar-refractivity contribution is 5.88. The lowest BCUT2D eigenvalue weighted by atomic mass is 9.95. The summed E-state index contributed by atoms with van der Waals surface area (Å²) in [6.07, 6.45) is 6.24. The molecule has 0 bridgehead atoms. The largest absolute Gasteiger partial charge is 0.352 e. The first-order valence-corrected chi connectivity index (χ1v) is 11.4. The molecule has 3 rings (SSSR count). The fourth-order valence-electron chi connectivity index (χ4n) is 4.23. The minimum absolute atomic E-state index is 0.0891. The molecule has 2 aromatic carbocycles. The molecule has 1 aliphatic carbocycles. The maximum atomic E-state index is 13.4. The number of carbonyl (C=O) groups is 2. The standard InChI is InChI=1S/C26H33FN2O2/c1-3-24(26(31)28-23-7-5-4-6-8-23)29(18-21-13-15-22(27)16-14-21)25(30)17-20-11-9-19(2)10-12-20/h9-16,23-24H,3-8,17-18H2,1-2H3,(H,28,31)/t24-/m0/s1. The van der Waals surface area contributed by atoms with Gasteiger partial charge in [0.2, 0.25) is 11.8 Å². The summed E-state index contributed by atoms with van der Waals surface area (Å²) in [6, 6.07) is 13.6. The minimum atomic E-state index is -0.551. The molecule has 31 heavy (non-hydrogen) atoms. The van der Waals surface area contributed by atoms with Crippen LogP contribution in [0.2, 0.25) is 0 Å². The van der Waals surface area contributed by atoms with Gasteiger partial charge in [-0.2, -0.15) is 0 Å².